The molecule has 2 heterocycles. The standard InChI is InChI=1S/C19H26N2O5S/c1-3-9-20(15-8-10-27(24,25)13-15)19(23)14-11-18(22)21(12-14)16-6-4-5-7-17(16)26-2/h4-7,14-15H,3,8-13H2,1-2H3/t14-,15-/m1/s1. The first-order valence-electron chi connectivity index (χ1n) is 9.30. The van der Waals surface area contributed by atoms with Crippen LogP contribution in [0.3, 0.4) is 0 Å². The van der Waals surface area contributed by atoms with Gasteiger partial charge in [-0.3, -0.25) is 9.59 Å². The van der Waals surface area contributed by atoms with Crippen LogP contribution in [0.1, 0.15) is 26.2 Å². The van der Waals surface area contributed by atoms with Crippen LogP contribution in [0, 0.1) is 5.92 Å². The third-order valence-electron chi connectivity index (χ3n) is 5.25. The van der Waals surface area contributed by atoms with Gasteiger partial charge in [-0.25, -0.2) is 8.42 Å². The van der Waals surface area contributed by atoms with E-state index in [9.17, 15) is 18.0 Å². The zero-order chi connectivity index (χ0) is 19.6. The second-order valence-corrected chi connectivity index (χ2v) is 9.39. The van der Waals surface area contributed by atoms with Gasteiger partial charge < -0.3 is 14.5 Å². The van der Waals surface area contributed by atoms with Gasteiger partial charge in [-0.05, 0) is 25.0 Å². The Bertz CT molecular complexity index is 823. The summed E-state index contributed by atoms with van der Waals surface area (Å²) in [6, 6.07) is 6.96. The summed E-state index contributed by atoms with van der Waals surface area (Å²) in [5.74, 6) is 0.0409. The highest BCUT2D eigenvalue weighted by atomic mass is 32.2. The Labute approximate surface area is 160 Å². The van der Waals surface area contributed by atoms with Crippen LogP contribution in [0.15, 0.2) is 24.3 Å². The van der Waals surface area contributed by atoms with Crippen molar-refractivity contribution in [3.8, 4) is 5.75 Å². The van der Waals surface area contributed by atoms with Crippen molar-refractivity contribution in [3.05, 3.63) is 24.3 Å². The fraction of sp³-hybridized carbons (Fsp3) is 0.579. The number of para-hydroxylation sites is 2. The number of methoxy groups -OCH3 is 1. The molecule has 2 aliphatic heterocycles. The average molecular weight is 394 g/mol. The van der Waals surface area contributed by atoms with Crippen molar-refractivity contribution in [3.63, 3.8) is 0 Å². The summed E-state index contributed by atoms with van der Waals surface area (Å²) < 4.78 is 29.0. The monoisotopic (exact) mass is 394 g/mol. The molecule has 2 saturated heterocycles. The van der Waals surface area contributed by atoms with Crippen molar-refractivity contribution in [1.29, 1.82) is 0 Å². The van der Waals surface area contributed by atoms with Crippen molar-refractivity contribution in [2.24, 2.45) is 5.92 Å². The van der Waals surface area contributed by atoms with Crippen LogP contribution in [0.5, 0.6) is 5.75 Å². The number of anilines is 1. The van der Waals surface area contributed by atoms with Gasteiger partial charge in [-0.15, -0.1) is 0 Å². The van der Waals surface area contributed by atoms with Gasteiger partial charge in [0.05, 0.1) is 30.2 Å². The zero-order valence-corrected chi connectivity index (χ0v) is 16.6. The van der Waals surface area contributed by atoms with E-state index in [2.05, 4.69) is 0 Å². The summed E-state index contributed by atoms with van der Waals surface area (Å²) in [6.07, 6.45) is 1.36. The Morgan fingerprint density at radius 1 is 1.33 bits per heavy atom. The van der Waals surface area contributed by atoms with E-state index in [0.29, 0.717) is 24.4 Å². The molecule has 2 amide bonds. The molecule has 7 nitrogen and oxygen atoms in total. The molecule has 0 radical (unpaired) electrons. The van der Waals surface area contributed by atoms with Gasteiger partial charge in [-0.2, -0.15) is 0 Å². The van der Waals surface area contributed by atoms with Crippen LogP contribution in [0.25, 0.3) is 0 Å². The molecule has 27 heavy (non-hydrogen) atoms. The Morgan fingerprint density at radius 2 is 2.07 bits per heavy atom. The molecule has 2 atom stereocenters. The number of amides is 2. The smallest absolute Gasteiger partial charge is 0.228 e. The first-order chi connectivity index (χ1) is 12.9. The molecular formula is C19H26N2O5S. The van der Waals surface area contributed by atoms with E-state index in [1.807, 2.05) is 19.1 Å². The second kappa shape index (κ2) is 7.88. The highest BCUT2D eigenvalue weighted by molar-refractivity contribution is 7.91. The number of ether oxygens (including phenoxy) is 1. The summed E-state index contributed by atoms with van der Waals surface area (Å²) in [6.45, 7) is 2.76. The van der Waals surface area contributed by atoms with Crippen LogP contribution in [-0.4, -0.2) is 62.9 Å². The second-order valence-electron chi connectivity index (χ2n) is 7.17. The maximum Gasteiger partial charge on any atom is 0.228 e. The maximum absolute atomic E-state index is 13.1. The lowest BCUT2D eigenvalue weighted by Gasteiger charge is -2.30. The van der Waals surface area contributed by atoms with Gasteiger partial charge in [0.25, 0.3) is 0 Å². The Hall–Kier alpha value is -2.09. The largest absolute Gasteiger partial charge is 0.495 e. The summed E-state index contributed by atoms with van der Waals surface area (Å²) in [5, 5.41) is 0. The average Bonchev–Trinajstić information content (AvgIpc) is 3.21. The van der Waals surface area contributed by atoms with Gasteiger partial charge in [-0.1, -0.05) is 19.1 Å². The molecule has 1 aromatic carbocycles. The third-order valence-corrected chi connectivity index (χ3v) is 7.00. The van der Waals surface area contributed by atoms with E-state index < -0.39 is 15.8 Å². The number of carbonyl (C=O) groups is 2. The van der Waals surface area contributed by atoms with Crippen molar-refractivity contribution in [1.82, 2.24) is 4.90 Å². The Kier molecular flexibility index (Phi) is 5.74. The van der Waals surface area contributed by atoms with Crippen molar-refractivity contribution < 1.29 is 22.7 Å². The molecule has 3 rings (SSSR count). The minimum Gasteiger partial charge on any atom is -0.495 e. The van der Waals surface area contributed by atoms with Gasteiger partial charge in [0.1, 0.15) is 5.75 Å². The van der Waals surface area contributed by atoms with E-state index in [4.69, 9.17) is 4.74 Å². The van der Waals surface area contributed by atoms with E-state index in [0.717, 1.165) is 6.42 Å². The van der Waals surface area contributed by atoms with Crippen LogP contribution >= 0.6 is 0 Å². The predicted molar refractivity (Wildman–Crippen MR) is 103 cm³/mol. The van der Waals surface area contributed by atoms with E-state index in [1.165, 1.54) is 0 Å². The van der Waals surface area contributed by atoms with E-state index in [-0.39, 0.29) is 42.3 Å². The number of carbonyl (C=O) groups excluding carboxylic acids is 2. The zero-order valence-electron chi connectivity index (χ0n) is 15.8. The van der Waals surface area contributed by atoms with Crippen molar-refractivity contribution in [2.75, 3.05) is 36.6 Å². The van der Waals surface area contributed by atoms with Gasteiger partial charge in [0, 0.05) is 25.6 Å². The Morgan fingerprint density at radius 3 is 2.70 bits per heavy atom. The Balaban J connectivity index is 1.77. The lowest BCUT2D eigenvalue weighted by atomic mass is 10.0. The summed E-state index contributed by atoms with van der Waals surface area (Å²) >= 11 is 0. The molecule has 8 heteroatoms. The lowest BCUT2D eigenvalue weighted by Crippen LogP contribution is -2.45. The minimum atomic E-state index is -3.08. The molecule has 0 N–H and O–H groups in total. The number of nitrogens with zero attached hydrogens (tertiary/aromatic N) is 2. The quantitative estimate of drug-likeness (QED) is 0.730. The first kappa shape index (κ1) is 19.7. The molecule has 2 aliphatic rings. The fourth-order valence-electron chi connectivity index (χ4n) is 3.93. The first-order valence-corrected chi connectivity index (χ1v) is 11.1. The summed E-state index contributed by atoms with van der Waals surface area (Å²) in [4.78, 5) is 29.0. The highest BCUT2D eigenvalue weighted by Gasteiger charge is 2.41. The van der Waals surface area contributed by atoms with Crippen molar-refractivity contribution in [2.45, 2.75) is 32.2 Å². The van der Waals surface area contributed by atoms with Crippen LogP contribution in [-0.2, 0) is 19.4 Å². The molecule has 0 spiro atoms. The number of hydrogen-bond acceptors (Lipinski definition) is 5. The number of rotatable bonds is 6. The molecule has 2 fully saturated rings. The molecule has 0 aliphatic carbocycles. The van der Waals surface area contributed by atoms with Crippen LogP contribution < -0.4 is 9.64 Å². The molecule has 148 valence electrons. The molecule has 0 saturated carbocycles. The number of sulfone groups is 1. The molecular weight excluding hydrogens is 368 g/mol. The normalized spacial score (nSPS) is 24.2. The molecule has 0 unspecified atom stereocenters. The lowest BCUT2D eigenvalue weighted by molar-refractivity contribution is -0.137. The highest BCUT2D eigenvalue weighted by Crippen LogP contribution is 2.34. The molecule has 0 aromatic heterocycles. The van der Waals surface area contributed by atoms with Crippen molar-refractivity contribution >= 4 is 27.3 Å². The van der Waals surface area contributed by atoms with Gasteiger partial charge >= 0.3 is 0 Å². The van der Waals surface area contributed by atoms with Gasteiger partial charge in [0.15, 0.2) is 9.84 Å². The number of benzene rings is 1. The van der Waals surface area contributed by atoms with E-state index >= 15 is 0 Å². The topological polar surface area (TPSA) is 84.0 Å². The predicted octanol–water partition coefficient (Wildman–Crippen LogP) is 1.47. The maximum atomic E-state index is 13.1. The third kappa shape index (κ3) is 4.10. The van der Waals surface area contributed by atoms with E-state index in [1.54, 1.807) is 29.0 Å². The van der Waals surface area contributed by atoms with Crippen LogP contribution in [0.4, 0.5) is 5.69 Å². The SMILES string of the molecule is CCCN(C(=O)[C@@H]1CC(=O)N(c2ccccc2OC)C1)[C@@H]1CCS(=O)(=O)C1. The number of hydrogen-bond donors (Lipinski definition) is 0. The summed E-state index contributed by atoms with van der Waals surface area (Å²) in [7, 11) is -1.53. The minimum absolute atomic E-state index is 0.0234. The van der Waals surface area contributed by atoms with Crippen LogP contribution in [0.2, 0.25) is 0 Å². The fourth-order valence-corrected chi connectivity index (χ4v) is 5.66. The molecule has 0 bridgehead atoms. The van der Waals surface area contributed by atoms with Gasteiger partial charge in [0.2, 0.25) is 11.8 Å². The summed E-state index contributed by atoms with van der Waals surface area (Å²) in [5.41, 5.74) is 0.658. The molecule has 1 aromatic rings.